The van der Waals surface area contributed by atoms with E-state index in [4.69, 9.17) is 16.3 Å². The van der Waals surface area contributed by atoms with Crippen molar-refractivity contribution < 1.29 is 19.2 Å². The Morgan fingerprint density at radius 2 is 1.86 bits per heavy atom. The SMILES string of the molecule is CC(C)OC(=O)c1ccc(NC(=O)c2sc3c([N+](=O)[O-])cccc3c2Cl)cc1. The van der Waals surface area contributed by atoms with Crippen molar-refractivity contribution in [3.8, 4) is 0 Å². The molecule has 0 spiro atoms. The molecule has 3 aromatic rings. The minimum Gasteiger partial charge on any atom is -0.459 e. The quantitative estimate of drug-likeness (QED) is 0.345. The molecule has 28 heavy (non-hydrogen) atoms. The summed E-state index contributed by atoms with van der Waals surface area (Å²) in [4.78, 5) is 35.3. The van der Waals surface area contributed by atoms with Gasteiger partial charge in [0.1, 0.15) is 9.58 Å². The topological polar surface area (TPSA) is 98.5 Å². The van der Waals surface area contributed by atoms with Crippen LogP contribution in [0.25, 0.3) is 10.1 Å². The highest BCUT2D eigenvalue weighted by atomic mass is 35.5. The van der Waals surface area contributed by atoms with E-state index in [1.165, 1.54) is 24.3 Å². The monoisotopic (exact) mass is 418 g/mol. The molecular weight excluding hydrogens is 404 g/mol. The number of nitro benzene ring substituents is 1. The first-order chi connectivity index (χ1) is 13.3. The Bertz CT molecular complexity index is 1080. The summed E-state index contributed by atoms with van der Waals surface area (Å²) in [6.45, 7) is 3.51. The molecule has 0 bridgehead atoms. The van der Waals surface area contributed by atoms with Gasteiger partial charge < -0.3 is 10.1 Å². The van der Waals surface area contributed by atoms with Crippen molar-refractivity contribution in [1.82, 2.24) is 0 Å². The lowest BCUT2D eigenvalue weighted by Crippen LogP contribution is -2.13. The average Bonchev–Trinajstić information content (AvgIpc) is 2.98. The number of hydrogen-bond acceptors (Lipinski definition) is 6. The summed E-state index contributed by atoms with van der Waals surface area (Å²) >= 11 is 7.24. The van der Waals surface area contributed by atoms with Gasteiger partial charge >= 0.3 is 5.97 Å². The van der Waals surface area contributed by atoms with Gasteiger partial charge in [0.25, 0.3) is 11.6 Å². The van der Waals surface area contributed by atoms with Gasteiger partial charge in [-0.1, -0.05) is 23.7 Å². The van der Waals surface area contributed by atoms with Crippen LogP contribution in [0.3, 0.4) is 0 Å². The third kappa shape index (κ3) is 3.97. The van der Waals surface area contributed by atoms with Crippen molar-refractivity contribution in [2.45, 2.75) is 20.0 Å². The van der Waals surface area contributed by atoms with Crippen molar-refractivity contribution in [2.24, 2.45) is 0 Å². The van der Waals surface area contributed by atoms with Gasteiger partial charge in [-0.25, -0.2) is 4.79 Å². The van der Waals surface area contributed by atoms with E-state index in [-0.39, 0.29) is 21.7 Å². The first-order valence-electron chi connectivity index (χ1n) is 8.25. The number of nitrogens with zero attached hydrogens (tertiary/aromatic N) is 1. The van der Waals surface area contributed by atoms with Crippen molar-refractivity contribution in [1.29, 1.82) is 0 Å². The van der Waals surface area contributed by atoms with Gasteiger partial charge in [-0.3, -0.25) is 14.9 Å². The molecule has 2 aromatic carbocycles. The number of rotatable bonds is 5. The van der Waals surface area contributed by atoms with Crippen molar-refractivity contribution in [3.05, 3.63) is 68.0 Å². The number of anilines is 1. The molecule has 3 rings (SSSR count). The molecule has 144 valence electrons. The van der Waals surface area contributed by atoms with Crippen LogP contribution < -0.4 is 5.32 Å². The highest BCUT2D eigenvalue weighted by Crippen LogP contribution is 2.40. The molecular formula is C19H15ClN2O5S. The maximum Gasteiger partial charge on any atom is 0.338 e. The predicted molar refractivity (Wildman–Crippen MR) is 108 cm³/mol. The van der Waals surface area contributed by atoms with Crippen LogP contribution in [-0.2, 0) is 4.74 Å². The third-order valence-electron chi connectivity index (χ3n) is 3.76. The van der Waals surface area contributed by atoms with Crippen LogP contribution in [-0.4, -0.2) is 22.9 Å². The summed E-state index contributed by atoms with van der Waals surface area (Å²) in [5.41, 5.74) is 0.716. The van der Waals surface area contributed by atoms with Gasteiger partial charge in [0.15, 0.2) is 0 Å². The molecule has 0 unspecified atom stereocenters. The number of esters is 1. The van der Waals surface area contributed by atoms with Crippen molar-refractivity contribution in [2.75, 3.05) is 5.32 Å². The van der Waals surface area contributed by atoms with E-state index in [1.807, 2.05) is 0 Å². The molecule has 1 amide bonds. The lowest BCUT2D eigenvalue weighted by Gasteiger charge is -2.09. The number of nitro groups is 1. The van der Waals surface area contributed by atoms with Gasteiger partial charge in [0.2, 0.25) is 0 Å². The largest absolute Gasteiger partial charge is 0.459 e. The molecule has 9 heteroatoms. The van der Waals surface area contributed by atoms with Gasteiger partial charge in [-0.2, -0.15) is 0 Å². The summed E-state index contributed by atoms with van der Waals surface area (Å²) in [6, 6.07) is 10.7. The molecule has 0 atom stereocenters. The summed E-state index contributed by atoms with van der Waals surface area (Å²) in [5.74, 6) is -0.939. The molecule has 0 aliphatic rings. The Balaban J connectivity index is 1.83. The Kier molecular flexibility index (Phi) is 5.62. The van der Waals surface area contributed by atoms with Crippen LogP contribution in [0.15, 0.2) is 42.5 Å². The summed E-state index contributed by atoms with van der Waals surface area (Å²) in [6.07, 6.45) is -0.231. The number of carbonyl (C=O) groups is 2. The predicted octanol–water partition coefficient (Wildman–Crippen LogP) is 5.28. The molecule has 0 aliphatic carbocycles. The Labute approximate surface area is 169 Å². The average molecular weight is 419 g/mol. The maximum atomic E-state index is 12.6. The first-order valence-corrected chi connectivity index (χ1v) is 9.45. The molecule has 0 aliphatic heterocycles. The van der Waals surface area contributed by atoms with Crippen LogP contribution in [0.4, 0.5) is 11.4 Å². The van der Waals surface area contributed by atoms with Crippen LogP contribution in [0.5, 0.6) is 0 Å². The highest BCUT2D eigenvalue weighted by Gasteiger charge is 2.22. The fraction of sp³-hybridized carbons (Fsp3) is 0.158. The Morgan fingerprint density at radius 1 is 1.18 bits per heavy atom. The Hall–Kier alpha value is -2.97. The third-order valence-corrected chi connectivity index (χ3v) is 5.49. The zero-order chi connectivity index (χ0) is 20.4. The van der Waals surface area contributed by atoms with E-state index >= 15 is 0 Å². The zero-order valence-corrected chi connectivity index (χ0v) is 16.5. The smallest absolute Gasteiger partial charge is 0.338 e. The molecule has 0 saturated carbocycles. The van der Waals surface area contributed by atoms with Crippen LogP contribution in [0.2, 0.25) is 5.02 Å². The summed E-state index contributed by atoms with van der Waals surface area (Å²) in [5, 5.41) is 14.5. The standard InChI is InChI=1S/C19H15ClN2O5S/c1-10(2)27-19(24)11-6-8-12(9-7-11)21-18(23)17-15(20)13-4-3-5-14(22(25)26)16(13)28-17/h3-10H,1-2H3,(H,21,23). The van der Waals surface area contributed by atoms with Crippen LogP contribution in [0.1, 0.15) is 33.9 Å². The van der Waals surface area contributed by atoms with Gasteiger partial charge in [0.05, 0.1) is 21.6 Å². The fourth-order valence-electron chi connectivity index (χ4n) is 2.52. The molecule has 1 aromatic heterocycles. The molecule has 1 N–H and O–H groups in total. The number of ether oxygens (including phenoxy) is 1. The first kappa shape index (κ1) is 19.8. The second-order valence-corrected chi connectivity index (χ2v) is 7.54. The second kappa shape index (κ2) is 7.95. The highest BCUT2D eigenvalue weighted by molar-refractivity contribution is 7.22. The second-order valence-electron chi connectivity index (χ2n) is 6.14. The van der Waals surface area contributed by atoms with Gasteiger partial charge in [0, 0.05) is 17.1 Å². The van der Waals surface area contributed by atoms with Crippen molar-refractivity contribution >= 4 is 56.3 Å². The Morgan fingerprint density at radius 3 is 2.46 bits per heavy atom. The minimum absolute atomic E-state index is 0.100. The number of thiophene rings is 1. The molecule has 1 heterocycles. The van der Waals surface area contributed by atoms with Crippen molar-refractivity contribution in [3.63, 3.8) is 0 Å². The van der Waals surface area contributed by atoms with E-state index in [0.717, 1.165) is 11.3 Å². The van der Waals surface area contributed by atoms with Gasteiger partial charge in [-0.05, 0) is 38.1 Å². The summed E-state index contributed by atoms with van der Waals surface area (Å²) < 4.78 is 5.45. The van der Waals surface area contributed by atoms with E-state index in [0.29, 0.717) is 21.3 Å². The molecule has 7 nitrogen and oxygen atoms in total. The molecule has 0 saturated heterocycles. The number of amides is 1. The zero-order valence-electron chi connectivity index (χ0n) is 14.9. The van der Waals surface area contributed by atoms with E-state index in [1.54, 1.807) is 32.0 Å². The minimum atomic E-state index is -0.508. The van der Waals surface area contributed by atoms with E-state index in [2.05, 4.69) is 5.32 Å². The normalized spacial score (nSPS) is 10.9. The number of nitrogens with one attached hydrogen (secondary N) is 1. The number of benzene rings is 2. The van der Waals surface area contributed by atoms with Crippen LogP contribution in [0, 0.1) is 10.1 Å². The molecule has 0 radical (unpaired) electrons. The number of hydrogen-bond donors (Lipinski definition) is 1. The lowest BCUT2D eigenvalue weighted by molar-refractivity contribution is -0.382. The van der Waals surface area contributed by atoms with Crippen LogP contribution >= 0.6 is 22.9 Å². The lowest BCUT2D eigenvalue weighted by atomic mass is 10.2. The number of carbonyl (C=O) groups excluding carboxylic acids is 2. The number of halogens is 1. The summed E-state index contributed by atoms with van der Waals surface area (Å²) in [7, 11) is 0. The van der Waals surface area contributed by atoms with E-state index < -0.39 is 16.8 Å². The van der Waals surface area contributed by atoms with Gasteiger partial charge in [-0.15, -0.1) is 11.3 Å². The number of non-ortho nitro benzene ring substituents is 1. The maximum absolute atomic E-state index is 12.6. The fourth-order valence-corrected chi connectivity index (χ4v) is 4.01. The molecule has 0 fully saturated rings. The number of fused-ring (bicyclic) bond motifs is 1. The van der Waals surface area contributed by atoms with E-state index in [9.17, 15) is 19.7 Å².